The van der Waals surface area contributed by atoms with Crippen LogP contribution in [0.4, 0.5) is 11.4 Å². The van der Waals surface area contributed by atoms with E-state index in [-0.39, 0.29) is 11.3 Å². The van der Waals surface area contributed by atoms with Crippen molar-refractivity contribution in [1.29, 1.82) is 5.26 Å². The van der Waals surface area contributed by atoms with Crippen molar-refractivity contribution < 1.29 is 9.66 Å². The average molecular weight is 255 g/mol. The van der Waals surface area contributed by atoms with Gasteiger partial charge in [-0.25, -0.2) is 0 Å². The van der Waals surface area contributed by atoms with Crippen LogP contribution in [0.5, 0.6) is 11.5 Å². The number of anilines is 1. The summed E-state index contributed by atoms with van der Waals surface area (Å²) >= 11 is 0. The van der Waals surface area contributed by atoms with Gasteiger partial charge in [-0.05, 0) is 30.3 Å². The summed E-state index contributed by atoms with van der Waals surface area (Å²) in [7, 11) is 0. The molecule has 2 aromatic carbocycles. The maximum absolute atomic E-state index is 10.7. The van der Waals surface area contributed by atoms with E-state index in [0.717, 1.165) is 0 Å². The van der Waals surface area contributed by atoms with Gasteiger partial charge >= 0.3 is 0 Å². The number of ether oxygens (including phenoxy) is 1. The van der Waals surface area contributed by atoms with Gasteiger partial charge in [-0.3, -0.25) is 10.1 Å². The van der Waals surface area contributed by atoms with E-state index in [4.69, 9.17) is 15.7 Å². The summed E-state index contributed by atoms with van der Waals surface area (Å²) in [5.41, 5.74) is 5.86. The molecule has 2 rings (SSSR count). The second-order valence-corrected chi connectivity index (χ2v) is 3.72. The van der Waals surface area contributed by atoms with Crippen molar-refractivity contribution in [2.24, 2.45) is 0 Å². The summed E-state index contributed by atoms with van der Waals surface area (Å²) < 4.78 is 5.48. The average Bonchev–Trinajstić information content (AvgIpc) is 2.41. The second kappa shape index (κ2) is 5.06. The Labute approximate surface area is 108 Å². The fourth-order valence-corrected chi connectivity index (χ4v) is 1.50. The molecule has 2 aromatic rings. The molecule has 0 radical (unpaired) electrons. The maximum atomic E-state index is 10.7. The first-order valence-corrected chi connectivity index (χ1v) is 5.32. The predicted octanol–water partition coefficient (Wildman–Crippen LogP) is 2.84. The van der Waals surface area contributed by atoms with Crippen molar-refractivity contribution >= 4 is 11.4 Å². The molecule has 0 saturated heterocycles. The minimum absolute atomic E-state index is 0.0436. The Bertz CT molecular complexity index is 660. The third-order valence-corrected chi connectivity index (χ3v) is 2.40. The van der Waals surface area contributed by atoms with Crippen LogP contribution in [0, 0.1) is 21.4 Å². The fraction of sp³-hybridized carbons (Fsp3) is 0. The number of benzene rings is 2. The van der Waals surface area contributed by atoms with Gasteiger partial charge < -0.3 is 10.5 Å². The molecule has 94 valence electrons. The number of nitro groups is 1. The van der Waals surface area contributed by atoms with Gasteiger partial charge in [-0.15, -0.1) is 0 Å². The number of nitrogen functional groups attached to an aromatic ring is 1. The van der Waals surface area contributed by atoms with Crippen LogP contribution in [0.25, 0.3) is 0 Å². The Morgan fingerprint density at radius 3 is 2.37 bits per heavy atom. The third kappa shape index (κ3) is 2.79. The third-order valence-electron chi connectivity index (χ3n) is 2.40. The molecule has 6 heteroatoms. The second-order valence-electron chi connectivity index (χ2n) is 3.72. The Hall–Kier alpha value is -3.07. The van der Waals surface area contributed by atoms with Gasteiger partial charge in [-0.1, -0.05) is 0 Å². The molecule has 0 aromatic heterocycles. The van der Waals surface area contributed by atoms with Gasteiger partial charge in [-0.2, -0.15) is 5.26 Å². The minimum atomic E-state index is -0.606. The fourth-order valence-electron chi connectivity index (χ4n) is 1.50. The van der Waals surface area contributed by atoms with Crippen LogP contribution in [0.2, 0.25) is 0 Å². The molecular weight excluding hydrogens is 246 g/mol. The van der Waals surface area contributed by atoms with Crippen LogP contribution in [0.1, 0.15) is 5.56 Å². The molecule has 0 spiro atoms. The summed E-state index contributed by atoms with van der Waals surface area (Å²) in [6, 6.07) is 12.5. The normalized spacial score (nSPS) is 9.63. The zero-order chi connectivity index (χ0) is 13.8. The summed E-state index contributed by atoms with van der Waals surface area (Å²) in [5.74, 6) is 0.888. The van der Waals surface area contributed by atoms with E-state index in [1.807, 2.05) is 0 Å². The quantitative estimate of drug-likeness (QED) is 0.516. The highest BCUT2D eigenvalue weighted by Crippen LogP contribution is 2.27. The van der Waals surface area contributed by atoms with E-state index in [2.05, 4.69) is 0 Å². The minimum Gasteiger partial charge on any atom is -0.457 e. The first-order valence-electron chi connectivity index (χ1n) is 5.32. The zero-order valence-corrected chi connectivity index (χ0v) is 9.74. The Morgan fingerprint density at radius 1 is 1.16 bits per heavy atom. The van der Waals surface area contributed by atoms with E-state index in [1.165, 1.54) is 18.2 Å². The number of nitrogens with zero attached hydrogens (tertiary/aromatic N) is 2. The van der Waals surface area contributed by atoms with Crippen molar-refractivity contribution in [3.8, 4) is 17.6 Å². The highest BCUT2D eigenvalue weighted by atomic mass is 16.6. The van der Waals surface area contributed by atoms with Crippen LogP contribution in [0.15, 0.2) is 42.5 Å². The van der Waals surface area contributed by atoms with Crippen LogP contribution < -0.4 is 10.5 Å². The lowest BCUT2D eigenvalue weighted by molar-refractivity contribution is -0.385. The van der Waals surface area contributed by atoms with E-state index < -0.39 is 4.92 Å². The summed E-state index contributed by atoms with van der Waals surface area (Å²) in [6.07, 6.45) is 0. The molecule has 0 saturated carbocycles. The van der Waals surface area contributed by atoms with Gasteiger partial charge in [0.1, 0.15) is 23.1 Å². The number of hydrogen-bond donors (Lipinski definition) is 1. The van der Waals surface area contributed by atoms with Gasteiger partial charge in [0.05, 0.1) is 4.92 Å². The molecule has 0 unspecified atom stereocenters. The summed E-state index contributed by atoms with van der Waals surface area (Å²) in [6.45, 7) is 0. The lowest BCUT2D eigenvalue weighted by Gasteiger charge is -2.06. The van der Waals surface area contributed by atoms with Crippen molar-refractivity contribution in [2.75, 3.05) is 5.73 Å². The van der Waals surface area contributed by atoms with E-state index in [1.54, 1.807) is 30.3 Å². The predicted molar refractivity (Wildman–Crippen MR) is 68.7 cm³/mol. The Morgan fingerprint density at radius 2 is 1.79 bits per heavy atom. The lowest BCUT2D eigenvalue weighted by atomic mass is 10.2. The highest BCUT2D eigenvalue weighted by molar-refractivity contribution is 5.53. The highest BCUT2D eigenvalue weighted by Gasteiger charge is 2.14. The molecule has 0 bridgehead atoms. The van der Waals surface area contributed by atoms with Crippen molar-refractivity contribution in [3.63, 3.8) is 0 Å². The molecule has 0 aliphatic carbocycles. The van der Waals surface area contributed by atoms with Crippen LogP contribution >= 0.6 is 0 Å². The lowest BCUT2D eigenvalue weighted by Crippen LogP contribution is -1.93. The van der Waals surface area contributed by atoms with Gasteiger partial charge in [0.15, 0.2) is 0 Å². The topological polar surface area (TPSA) is 102 Å². The molecule has 6 nitrogen and oxygen atoms in total. The molecule has 0 fully saturated rings. The van der Waals surface area contributed by atoms with Crippen molar-refractivity contribution in [2.45, 2.75) is 0 Å². The van der Waals surface area contributed by atoms with Gasteiger partial charge in [0, 0.05) is 17.8 Å². The van der Waals surface area contributed by atoms with E-state index in [9.17, 15) is 10.1 Å². The standard InChI is InChI=1S/C13H9N3O3/c14-8-9-7-12(5-6-13(9)16(17)18)19-11-3-1-10(15)2-4-11/h1-7H,15H2. The van der Waals surface area contributed by atoms with Gasteiger partial charge in [0.2, 0.25) is 0 Å². The number of rotatable bonds is 3. The number of nitro benzene ring substituents is 1. The molecule has 0 aliphatic rings. The Balaban J connectivity index is 2.29. The van der Waals surface area contributed by atoms with Crippen LogP contribution in [-0.2, 0) is 0 Å². The maximum Gasteiger partial charge on any atom is 0.287 e. The first-order chi connectivity index (χ1) is 9.10. The molecule has 2 N–H and O–H groups in total. The smallest absolute Gasteiger partial charge is 0.287 e. The summed E-state index contributed by atoms with van der Waals surface area (Å²) in [5, 5.41) is 19.6. The molecule has 0 aliphatic heterocycles. The molecule has 0 amide bonds. The van der Waals surface area contributed by atoms with Crippen molar-refractivity contribution in [1.82, 2.24) is 0 Å². The number of nitrogens with two attached hydrogens (primary N) is 1. The molecule has 0 atom stereocenters. The Kier molecular flexibility index (Phi) is 3.30. The van der Waals surface area contributed by atoms with Crippen molar-refractivity contribution in [3.05, 3.63) is 58.1 Å². The summed E-state index contributed by atoms with van der Waals surface area (Å²) in [4.78, 5) is 10.1. The number of hydrogen-bond acceptors (Lipinski definition) is 5. The molecule has 19 heavy (non-hydrogen) atoms. The monoisotopic (exact) mass is 255 g/mol. The van der Waals surface area contributed by atoms with Gasteiger partial charge in [0.25, 0.3) is 5.69 Å². The number of nitriles is 1. The van der Waals surface area contributed by atoms with Crippen LogP contribution in [-0.4, -0.2) is 4.92 Å². The first kappa shape index (κ1) is 12.4. The van der Waals surface area contributed by atoms with Crippen LogP contribution in [0.3, 0.4) is 0 Å². The molecular formula is C13H9N3O3. The SMILES string of the molecule is N#Cc1cc(Oc2ccc(N)cc2)ccc1[N+](=O)[O-]. The van der Waals surface area contributed by atoms with E-state index >= 15 is 0 Å². The zero-order valence-electron chi connectivity index (χ0n) is 9.74. The van der Waals surface area contributed by atoms with E-state index in [0.29, 0.717) is 17.2 Å². The molecule has 0 heterocycles. The largest absolute Gasteiger partial charge is 0.457 e.